The highest BCUT2D eigenvalue weighted by atomic mass is 32.1. The Morgan fingerprint density at radius 3 is 2.56 bits per heavy atom. The zero-order chi connectivity index (χ0) is 17.1. The second kappa shape index (κ2) is 7.41. The van der Waals surface area contributed by atoms with Crippen molar-refractivity contribution in [2.24, 2.45) is 0 Å². The number of nitrogens with zero attached hydrogens (tertiary/aromatic N) is 2. The highest BCUT2D eigenvalue weighted by molar-refractivity contribution is 7.13. The highest BCUT2D eigenvalue weighted by Crippen LogP contribution is 2.32. The standard InChI is InChI=1S/C19H24N2O3S/c1-2-22-17-5-3-15(4-6-17)18-20-16(14-25-18)13-21-9-7-19(8-10-21)23-11-12-24-19/h3-6,14H,2,7-13H2,1H3. The number of ether oxygens (including phenoxy) is 3. The van der Waals surface area contributed by atoms with E-state index in [0.29, 0.717) is 6.61 Å². The van der Waals surface area contributed by atoms with Crippen LogP contribution in [0.15, 0.2) is 29.6 Å². The minimum absolute atomic E-state index is 0.300. The molecule has 4 rings (SSSR count). The topological polar surface area (TPSA) is 43.8 Å². The monoisotopic (exact) mass is 360 g/mol. The third-order valence-corrected chi connectivity index (χ3v) is 5.72. The number of rotatable bonds is 5. The Hall–Kier alpha value is -1.47. The molecule has 134 valence electrons. The van der Waals surface area contributed by atoms with Gasteiger partial charge >= 0.3 is 0 Å². The summed E-state index contributed by atoms with van der Waals surface area (Å²) in [5.74, 6) is 0.605. The van der Waals surface area contributed by atoms with Crippen molar-refractivity contribution < 1.29 is 14.2 Å². The summed E-state index contributed by atoms with van der Waals surface area (Å²) in [7, 11) is 0. The van der Waals surface area contributed by atoms with Crippen LogP contribution in [0.3, 0.4) is 0 Å². The molecular weight excluding hydrogens is 336 g/mol. The van der Waals surface area contributed by atoms with Crippen molar-refractivity contribution in [1.29, 1.82) is 0 Å². The normalized spacial score (nSPS) is 20.2. The maximum absolute atomic E-state index is 5.80. The van der Waals surface area contributed by atoms with Crippen LogP contribution < -0.4 is 4.74 Å². The van der Waals surface area contributed by atoms with Gasteiger partial charge < -0.3 is 14.2 Å². The lowest BCUT2D eigenvalue weighted by atomic mass is 10.0. The molecule has 2 aliphatic heterocycles. The van der Waals surface area contributed by atoms with Crippen molar-refractivity contribution in [1.82, 2.24) is 9.88 Å². The maximum atomic E-state index is 5.80. The van der Waals surface area contributed by atoms with E-state index in [1.165, 1.54) is 0 Å². The van der Waals surface area contributed by atoms with Gasteiger partial charge in [-0.25, -0.2) is 4.98 Å². The molecule has 1 aromatic carbocycles. The smallest absolute Gasteiger partial charge is 0.170 e. The fourth-order valence-corrected chi connectivity index (χ4v) is 4.26. The number of hydrogen-bond donors (Lipinski definition) is 0. The van der Waals surface area contributed by atoms with Crippen LogP contribution in [0, 0.1) is 0 Å². The Balaban J connectivity index is 1.35. The Morgan fingerprint density at radius 1 is 1.16 bits per heavy atom. The fraction of sp³-hybridized carbons (Fsp3) is 0.526. The van der Waals surface area contributed by atoms with Crippen LogP contribution in [0.1, 0.15) is 25.5 Å². The molecule has 6 heteroatoms. The second-order valence-electron chi connectivity index (χ2n) is 6.49. The van der Waals surface area contributed by atoms with E-state index in [0.717, 1.165) is 67.7 Å². The molecule has 0 bridgehead atoms. The highest BCUT2D eigenvalue weighted by Gasteiger charge is 2.39. The predicted octanol–water partition coefficient (Wildman–Crippen LogP) is 3.55. The van der Waals surface area contributed by atoms with Crippen molar-refractivity contribution in [3.63, 3.8) is 0 Å². The lowest BCUT2D eigenvalue weighted by Gasteiger charge is -2.37. The van der Waals surface area contributed by atoms with Gasteiger partial charge in [-0.05, 0) is 31.2 Å². The van der Waals surface area contributed by atoms with Crippen molar-refractivity contribution in [2.75, 3.05) is 32.9 Å². The van der Waals surface area contributed by atoms with Gasteiger partial charge in [0.2, 0.25) is 0 Å². The van der Waals surface area contributed by atoms with Gasteiger partial charge in [-0.2, -0.15) is 0 Å². The molecule has 0 aliphatic carbocycles. The SMILES string of the molecule is CCOc1ccc(-c2nc(CN3CCC4(CC3)OCCO4)cs2)cc1. The number of likely N-dealkylation sites (tertiary alicyclic amines) is 1. The molecule has 0 atom stereocenters. The number of piperidine rings is 1. The largest absolute Gasteiger partial charge is 0.494 e. The van der Waals surface area contributed by atoms with Gasteiger partial charge in [0.25, 0.3) is 0 Å². The van der Waals surface area contributed by atoms with Crippen LogP contribution >= 0.6 is 11.3 Å². The van der Waals surface area contributed by atoms with E-state index in [-0.39, 0.29) is 5.79 Å². The average molecular weight is 360 g/mol. The van der Waals surface area contributed by atoms with Crippen molar-refractivity contribution in [2.45, 2.75) is 32.1 Å². The summed E-state index contributed by atoms with van der Waals surface area (Å²) < 4.78 is 17.1. The van der Waals surface area contributed by atoms with Crippen LogP contribution in [0.4, 0.5) is 0 Å². The summed E-state index contributed by atoms with van der Waals surface area (Å²) in [6.07, 6.45) is 1.89. The minimum atomic E-state index is -0.300. The first-order valence-electron chi connectivity index (χ1n) is 8.94. The van der Waals surface area contributed by atoms with Crippen molar-refractivity contribution in [3.8, 4) is 16.3 Å². The van der Waals surface area contributed by atoms with Crippen LogP contribution in [0.25, 0.3) is 10.6 Å². The van der Waals surface area contributed by atoms with Crippen LogP contribution in [0.5, 0.6) is 5.75 Å². The first kappa shape index (κ1) is 17.0. The molecule has 5 nitrogen and oxygen atoms in total. The van der Waals surface area contributed by atoms with Gasteiger partial charge in [-0.1, -0.05) is 0 Å². The van der Waals surface area contributed by atoms with E-state index in [2.05, 4.69) is 22.4 Å². The maximum Gasteiger partial charge on any atom is 0.170 e. The molecule has 2 aromatic rings. The first-order chi connectivity index (χ1) is 12.3. The van der Waals surface area contributed by atoms with Gasteiger partial charge in [-0.15, -0.1) is 11.3 Å². The summed E-state index contributed by atoms with van der Waals surface area (Å²) >= 11 is 1.70. The van der Waals surface area contributed by atoms with E-state index in [1.54, 1.807) is 11.3 Å². The Labute approximate surface area is 152 Å². The van der Waals surface area contributed by atoms with Gasteiger partial charge in [-0.3, -0.25) is 4.90 Å². The molecule has 2 aliphatic rings. The van der Waals surface area contributed by atoms with Crippen LogP contribution in [-0.2, 0) is 16.0 Å². The second-order valence-corrected chi connectivity index (χ2v) is 7.34. The fourth-order valence-electron chi connectivity index (χ4n) is 3.44. The summed E-state index contributed by atoms with van der Waals surface area (Å²) in [4.78, 5) is 7.25. The number of benzene rings is 1. The van der Waals surface area contributed by atoms with E-state index in [4.69, 9.17) is 19.2 Å². The van der Waals surface area contributed by atoms with Gasteiger partial charge in [0, 0.05) is 43.4 Å². The molecule has 0 unspecified atom stereocenters. The Morgan fingerprint density at radius 2 is 1.88 bits per heavy atom. The predicted molar refractivity (Wildman–Crippen MR) is 97.9 cm³/mol. The van der Waals surface area contributed by atoms with Crippen LogP contribution in [-0.4, -0.2) is 48.6 Å². The van der Waals surface area contributed by atoms with E-state index < -0.39 is 0 Å². The molecule has 1 spiro atoms. The molecule has 2 saturated heterocycles. The average Bonchev–Trinajstić information content (AvgIpc) is 3.28. The van der Waals surface area contributed by atoms with E-state index >= 15 is 0 Å². The minimum Gasteiger partial charge on any atom is -0.494 e. The molecule has 1 aromatic heterocycles. The number of aromatic nitrogens is 1. The Kier molecular flexibility index (Phi) is 5.03. The van der Waals surface area contributed by atoms with Crippen molar-refractivity contribution in [3.05, 3.63) is 35.3 Å². The molecule has 3 heterocycles. The molecule has 25 heavy (non-hydrogen) atoms. The molecule has 0 N–H and O–H groups in total. The number of thiazole rings is 1. The van der Waals surface area contributed by atoms with Gasteiger partial charge in [0.05, 0.1) is 25.5 Å². The Bertz CT molecular complexity index is 685. The number of hydrogen-bond acceptors (Lipinski definition) is 6. The van der Waals surface area contributed by atoms with Crippen LogP contribution in [0.2, 0.25) is 0 Å². The summed E-state index contributed by atoms with van der Waals surface area (Å²) in [5, 5.41) is 3.23. The van der Waals surface area contributed by atoms with Crippen molar-refractivity contribution >= 4 is 11.3 Å². The molecule has 0 amide bonds. The first-order valence-corrected chi connectivity index (χ1v) is 9.82. The van der Waals surface area contributed by atoms with Gasteiger partial charge in [0.1, 0.15) is 10.8 Å². The molecule has 0 radical (unpaired) electrons. The third kappa shape index (κ3) is 3.87. The summed E-state index contributed by atoms with van der Waals surface area (Å²) in [6.45, 7) is 7.03. The van der Waals surface area contributed by atoms with E-state index in [1.807, 2.05) is 19.1 Å². The quantitative estimate of drug-likeness (QED) is 0.816. The lowest BCUT2D eigenvalue weighted by Crippen LogP contribution is -2.44. The van der Waals surface area contributed by atoms with E-state index in [9.17, 15) is 0 Å². The van der Waals surface area contributed by atoms with Gasteiger partial charge in [0.15, 0.2) is 5.79 Å². The zero-order valence-electron chi connectivity index (χ0n) is 14.6. The molecule has 2 fully saturated rings. The summed E-state index contributed by atoms with van der Waals surface area (Å²) in [5.41, 5.74) is 2.28. The zero-order valence-corrected chi connectivity index (χ0v) is 15.4. The lowest BCUT2D eigenvalue weighted by molar-refractivity contribution is -0.185. The molecule has 0 saturated carbocycles. The molecular formula is C19H24N2O3S. The summed E-state index contributed by atoms with van der Waals surface area (Å²) in [6, 6.07) is 8.16. The third-order valence-electron chi connectivity index (χ3n) is 4.78.